The number of pyridine rings is 1. The molecule has 0 fully saturated rings. The summed E-state index contributed by atoms with van der Waals surface area (Å²) >= 11 is 0. The number of fused-ring (bicyclic) bond motifs is 1. The molecule has 1 aliphatic heterocycles. The zero-order chi connectivity index (χ0) is 14.8. The summed E-state index contributed by atoms with van der Waals surface area (Å²) in [5.74, 6) is 1.15. The zero-order valence-electron chi connectivity index (χ0n) is 11.4. The number of carbonyl (C=O) groups is 1. The molecule has 1 amide bonds. The lowest BCUT2D eigenvalue weighted by atomic mass is 10.1. The average molecular weight is 286 g/mol. The fourth-order valence-corrected chi connectivity index (χ4v) is 2.11. The van der Waals surface area contributed by atoms with Gasteiger partial charge in [-0.1, -0.05) is 6.07 Å². The Morgan fingerprint density at radius 3 is 2.71 bits per heavy atom. The van der Waals surface area contributed by atoms with E-state index >= 15 is 0 Å². The van der Waals surface area contributed by atoms with Crippen LogP contribution in [0.1, 0.15) is 28.9 Å². The lowest BCUT2D eigenvalue weighted by Crippen LogP contribution is -2.29. The largest absolute Gasteiger partial charge is 0.619 e. The van der Waals surface area contributed by atoms with E-state index in [0.29, 0.717) is 21.8 Å². The first-order valence-corrected chi connectivity index (χ1v) is 6.53. The number of hydrogen-bond donors (Lipinski definition) is 1. The second-order valence-electron chi connectivity index (χ2n) is 4.75. The molecule has 2 aromatic rings. The molecule has 0 aliphatic carbocycles. The molecule has 0 spiro atoms. The Labute approximate surface area is 121 Å². The van der Waals surface area contributed by atoms with Gasteiger partial charge in [-0.3, -0.25) is 4.79 Å². The molecule has 0 saturated carbocycles. The van der Waals surface area contributed by atoms with Crippen LogP contribution < -0.4 is 19.5 Å². The standard InChI is InChI=1S/C15H14N2O4/c1-10(12-2-3-13-14(8-12)21-9-20-13)16-15(18)11-4-6-17(19)7-5-11/h2-8,10H,9H2,1H3,(H,16,18)/t10-/m1/s1. The quantitative estimate of drug-likeness (QED) is 0.686. The van der Waals surface area contributed by atoms with Crippen molar-refractivity contribution in [1.29, 1.82) is 0 Å². The van der Waals surface area contributed by atoms with E-state index in [1.807, 2.05) is 25.1 Å². The Hall–Kier alpha value is -2.76. The van der Waals surface area contributed by atoms with Gasteiger partial charge in [0.2, 0.25) is 6.79 Å². The lowest BCUT2D eigenvalue weighted by molar-refractivity contribution is -0.605. The predicted octanol–water partition coefficient (Wildman–Crippen LogP) is 1.54. The van der Waals surface area contributed by atoms with Gasteiger partial charge in [-0.05, 0) is 24.6 Å². The summed E-state index contributed by atoms with van der Waals surface area (Å²) in [4.78, 5) is 12.1. The highest BCUT2D eigenvalue weighted by atomic mass is 16.7. The summed E-state index contributed by atoms with van der Waals surface area (Å²) in [6.45, 7) is 2.10. The molecule has 21 heavy (non-hydrogen) atoms. The minimum Gasteiger partial charge on any atom is -0.619 e. The van der Waals surface area contributed by atoms with Gasteiger partial charge < -0.3 is 20.0 Å². The Morgan fingerprint density at radius 2 is 1.95 bits per heavy atom. The molecule has 6 nitrogen and oxygen atoms in total. The van der Waals surface area contributed by atoms with Gasteiger partial charge in [0.15, 0.2) is 23.9 Å². The summed E-state index contributed by atoms with van der Waals surface area (Å²) in [6.07, 6.45) is 2.58. The monoisotopic (exact) mass is 286 g/mol. The highest BCUT2D eigenvalue weighted by molar-refractivity contribution is 5.94. The molecule has 1 N–H and O–H groups in total. The van der Waals surface area contributed by atoms with Crippen molar-refractivity contribution < 1.29 is 19.0 Å². The number of nitrogens with one attached hydrogen (secondary N) is 1. The van der Waals surface area contributed by atoms with Crippen LogP contribution >= 0.6 is 0 Å². The molecule has 108 valence electrons. The summed E-state index contributed by atoms with van der Waals surface area (Å²) in [5, 5.41) is 13.8. The van der Waals surface area contributed by atoms with Crippen LogP contribution in [0.25, 0.3) is 0 Å². The van der Waals surface area contributed by atoms with Gasteiger partial charge in [0.05, 0.1) is 11.6 Å². The van der Waals surface area contributed by atoms with Crippen LogP contribution in [0.15, 0.2) is 42.7 Å². The van der Waals surface area contributed by atoms with Crippen molar-refractivity contribution in [3.05, 3.63) is 59.1 Å². The Balaban J connectivity index is 1.72. The highest BCUT2D eigenvalue weighted by Gasteiger charge is 2.17. The van der Waals surface area contributed by atoms with Crippen LogP contribution in [0.2, 0.25) is 0 Å². The number of carbonyl (C=O) groups excluding carboxylic acids is 1. The van der Waals surface area contributed by atoms with Gasteiger partial charge in [0.25, 0.3) is 5.91 Å². The molecule has 0 bridgehead atoms. The van der Waals surface area contributed by atoms with Gasteiger partial charge in [0, 0.05) is 12.1 Å². The first-order valence-electron chi connectivity index (χ1n) is 6.53. The third kappa shape index (κ3) is 2.74. The van der Waals surface area contributed by atoms with Crippen LogP contribution in [-0.4, -0.2) is 12.7 Å². The number of hydrogen-bond acceptors (Lipinski definition) is 4. The lowest BCUT2D eigenvalue weighted by Gasteiger charge is -2.14. The topological polar surface area (TPSA) is 74.5 Å². The van der Waals surface area contributed by atoms with E-state index in [0.717, 1.165) is 5.56 Å². The van der Waals surface area contributed by atoms with Gasteiger partial charge in [0.1, 0.15) is 0 Å². The zero-order valence-corrected chi connectivity index (χ0v) is 11.4. The minimum absolute atomic E-state index is 0.188. The molecule has 0 saturated heterocycles. The molecular weight excluding hydrogens is 272 g/mol. The summed E-state index contributed by atoms with van der Waals surface area (Å²) in [6, 6.07) is 8.33. The summed E-state index contributed by atoms with van der Waals surface area (Å²) < 4.78 is 11.2. The first-order chi connectivity index (χ1) is 10.1. The van der Waals surface area contributed by atoms with E-state index in [-0.39, 0.29) is 18.7 Å². The molecule has 1 aromatic heterocycles. The van der Waals surface area contributed by atoms with Crippen molar-refractivity contribution in [2.24, 2.45) is 0 Å². The van der Waals surface area contributed by atoms with Crippen molar-refractivity contribution >= 4 is 5.91 Å². The number of rotatable bonds is 3. The number of ether oxygens (including phenoxy) is 2. The van der Waals surface area contributed by atoms with E-state index in [2.05, 4.69) is 5.32 Å². The maximum Gasteiger partial charge on any atom is 0.252 e. The van der Waals surface area contributed by atoms with Crippen LogP contribution in [-0.2, 0) is 0 Å². The van der Waals surface area contributed by atoms with Crippen LogP contribution in [0.5, 0.6) is 11.5 Å². The fourth-order valence-electron chi connectivity index (χ4n) is 2.11. The van der Waals surface area contributed by atoms with E-state index in [4.69, 9.17) is 9.47 Å². The summed E-state index contributed by atoms with van der Waals surface area (Å²) in [5.41, 5.74) is 1.36. The fraction of sp³-hybridized carbons (Fsp3) is 0.200. The molecule has 1 aromatic carbocycles. The predicted molar refractivity (Wildman–Crippen MR) is 73.8 cm³/mol. The number of nitrogens with zero attached hydrogens (tertiary/aromatic N) is 1. The van der Waals surface area contributed by atoms with Crippen molar-refractivity contribution in [2.75, 3.05) is 6.79 Å². The molecule has 0 radical (unpaired) electrons. The van der Waals surface area contributed by atoms with Crippen molar-refractivity contribution in [1.82, 2.24) is 5.32 Å². The number of amides is 1. The molecule has 1 aliphatic rings. The van der Waals surface area contributed by atoms with Crippen molar-refractivity contribution in [2.45, 2.75) is 13.0 Å². The highest BCUT2D eigenvalue weighted by Crippen LogP contribution is 2.34. The summed E-state index contributed by atoms with van der Waals surface area (Å²) in [7, 11) is 0. The maximum absolute atomic E-state index is 12.1. The minimum atomic E-state index is -0.235. The van der Waals surface area contributed by atoms with Crippen molar-refractivity contribution in [3.8, 4) is 11.5 Å². The third-order valence-corrected chi connectivity index (χ3v) is 3.31. The molecule has 3 rings (SSSR count). The Bertz CT molecular complexity index is 670. The molecule has 6 heteroatoms. The number of benzene rings is 1. The van der Waals surface area contributed by atoms with Gasteiger partial charge in [-0.25, -0.2) is 0 Å². The van der Waals surface area contributed by atoms with Gasteiger partial charge in [-0.2, -0.15) is 4.73 Å². The molecular formula is C15H14N2O4. The van der Waals surface area contributed by atoms with E-state index in [9.17, 15) is 10.0 Å². The normalized spacial score (nSPS) is 13.8. The van der Waals surface area contributed by atoms with E-state index in [1.165, 1.54) is 24.5 Å². The number of aromatic nitrogens is 1. The van der Waals surface area contributed by atoms with Crippen LogP contribution in [0.4, 0.5) is 0 Å². The molecule has 1 atom stereocenters. The van der Waals surface area contributed by atoms with Crippen molar-refractivity contribution in [3.63, 3.8) is 0 Å². The van der Waals surface area contributed by atoms with Crippen LogP contribution in [0.3, 0.4) is 0 Å². The SMILES string of the molecule is C[C@@H](NC(=O)c1cc[n+]([O-])cc1)c1ccc2c(c1)OCO2. The molecule has 0 unspecified atom stereocenters. The van der Waals surface area contributed by atoms with E-state index < -0.39 is 0 Å². The second kappa shape index (κ2) is 5.32. The Morgan fingerprint density at radius 1 is 1.24 bits per heavy atom. The first kappa shape index (κ1) is 13.2. The van der Waals surface area contributed by atoms with E-state index in [1.54, 1.807) is 0 Å². The molecule has 2 heterocycles. The third-order valence-electron chi connectivity index (χ3n) is 3.31. The average Bonchev–Trinajstić information content (AvgIpc) is 2.95. The second-order valence-corrected chi connectivity index (χ2v) is 4.75. The van der Waals surface area contributed by atoms with Gasteiger partial charge in [-0.15, -0.1) is 0 Å². The maximum atomic E-state index is 12.1. The Kier molecular flexibility index (Phi) is 3.35. The van der Waals surface area contributed by atoms with Crippen LogP contribution in [0, 0.1) is 5.21 Å². The van der Waals surface area contributed by atoms with Gasteiger partial charge >= 0.3 is 0 Å². The smallest absolute Gasteiger partial charge is 0.252 e.